The van der Waals surface area contributed by atoms with Crippen LogP contribution in [0.5, 0.6) is 5.75 Å². The monoisotopic (exact) mass is 523 g/mol. The van der Waals surface area contributed by atoms with Crippen LogP contribution in [0.3, 0.4) is 0 Å². The van der Waals surface area contributed by atoms with Gasteiger partial charge in [0.1, 0.15) is 11.6 Å². The molecule has 2 aromatic rings. The summed E-state index contributed by atoms with van der Waals surface area (Å²) in [5.41, 5.74) is 3.34. The van der Waals surface area contributed by atoms with Crippen LogP contribution in [0.2, 0.25) is 0 Å². The Balaban J connectivity index is 0.00000320. The molecule has 0 amide bonds. The first-order valence-electron chi connectivity index (χ1n) is 10.4. The summed E-state index contributed by atoms with van der Waals surface area (Å²) in [5.74, 6) is 2.68. The number of nitrogens with zero attached hydrogens (tertiary/aromatic N) is 3. The average Bonchev–Trinajstić information content (AvgIpc) is 3.22. The zero-order valence-corrected chi connectivity index (χ0v) is 20.8. The molecule has 2 N–H and O–H groups in total. The van der Waals surface area contributed by atoms with Crippen LogP contribution in [0.25, 0.3) is 0 Å². The number of benzene rings is 1. The van der Waals surface area contributed by atoms with Crippen LogP contribution >= 0.6 is 24.0 Å². The Morgan fingerprint density at radius 3 is 2.57 bits per heavy atom. The molecule has 30 heavy (non-hydrogen) atoms. The molecule has 0 bridgehead atoms. The van der Waals surface area contributed by atoms with E-state index >= 15 is 0 Å². The van der Waals surface area contributed by atoms with Crippen molar-refractivity contribution >= 4 is 35.8 Å². The van der Waals surface area contributed by atoms with Crippen molar-refractivity contribution in [1.82, 2.24) is 15.6 Å². The van der Waals surface area contributed by atoms with Crippen molar-refractivity contribution in [2.24, 2.45) is 4.99 Å². The van der Waals surface area contributed by atoms with Crippen molar-refractivity contribution in [2.75, 3.05) is 26.0 Å². The van der Waals surface area contributed by atoms with Gasteiger partial charge in [0.2, 0.25) is 0 Å². The van der Waals surface area contributed by atoms with E-state index in [1.54, 1.807) is 7.05 Å². The molecule has 0 saturated heterocycles. The first-order valence-corrected chi connectivity index (χ1v) is 10.4. The number of rotatable bonds is 7. The SMILES string of the molecule is CN=C(NCc1cccc(N(C)C)n1)NCc1ccc(C)cc1OC1CCCC1.I. The summed E-state index contributed by atoms with van der Waals surface area (Å²) in [5, 5.41) is 6.74. The maximum Gasteiger partial charge on any atom is 0.191 e. The molecule has 3 rings (SSSR count). The topological polar surface area (TPSA) is 61.8 Å². The standard InChI is InChI=1S/C23H33N5O.HI/c1-17-12-13-18(21(14-17)29-20-9-5-6-10-20)15-25-23(24-2)26-16-19-8-7-11-22(27-19)28(3)4;/h7-8,11-14,20H,5-6,9-10,15-16H2,1-4H3,(H2,24,25,26);1H. The van der Waals surface area contributed by atoms with Crippen LogP contribution in [0.15, 0.2) is 41.4 Å². The van der Waals surface area contributed by atoms with Crippen LogP contribution in [-0.2, 0) is 13.1 Å². The summed E-state index contributed by atoms with van der Waals surface area (Å²) in [6.07, 6.45) is 5.20. The first-order chi connectivity index (χ1) is 14.0. The number of aromatic nitrogens is 1. The van der Waals surface area contributed by atoms with Gasteiger partial charge in [-0.15, -0.1) is 24.0 Å². The van der Waals surface area contributed by atoms with Crippen molar-refractivity contribution in [3.8, 4) is 5.75 Å². The van der Waals surface area contributed by atoms with E-state index in [1.807, 2.05) is 37.2 Å². The quantitative estimate of drug-likeness (QED) is 0.323. The van der Waals surface area contributed by atoms with E-state index in [0.29, 0.717) is 19.2 Å². The van der Waals surface area contributed by atoms with Gasteiger partial charge in [-0.25, -0.2) is 4.98 Å². The highest BCUT2D eigenvalue weighted by atomic mass is 127. The van der Waals surface area contributed by atoms with E-state index in [-0.39, 0.29) is 24.0 Å². The van der Waals surface area contributed by atoms with Crippen LogP contribution in [0, 0.1) is 6.92 Å². The van der Waals surface area contributed by atoms with Gasteiger partial charge in [0.05, 0.1) is 18.3 Å². The summed E-state index contributed by atoms with van der Waals surface area (Å²) < 4.78 is 6.30. The van der Waals surface area contributed by atoms with Gasteiger partial charge in [-0.1, -0.05) is 18.2 Å². The minimum atomic E-state index is 0. The zero-order chi connectivity index (χ0) is 20.6. The summed E-state index contributed by atoms with van der Waals surface area (Å²) >= 11 is 0. The number of nitrogens with one attached hydrogen (secondary N) is 2. The largest absolute Gasteiger partial charge is 0.490 e. The minimum absolute atomic E-state index is 0. The molecular weight excluding hydrogens is 489 g/mol. The van der Waals surface area contributed by atoms with Crippen LogP contribution < -0.4 is 20.3 Å². The molecule has 1 heterocycles. The predicted octanol–water partition coefficient (Wildman–Crippen LogP) is 4.26. The predicted molar refractivity (Wildman–Crippen MR) is 135 cm³/mol. The second-order valence-electron chi connectivity index (χ2n) is 7.80. The van der Waals surface area contributed by atoms with Gasteiger partial charge in [-0.05, 0) is 56.4 Å². The zero-order valence-electron chi connectivity index (χ0n) is 18.4. The Morgan fingerprint density at radius 1 is 1.13 bits per heavy atom. The molecule has 0 spiro atoms. The van der Waals surface area contributed by atoms with Crippen molar-refractivity contribution in [3.05, 3.63) is 53.2 Å². The molecule has 6 nitrogen and oxygen atoms in total. The lowest BCUT2D eigenvalue weighted by molar-refractivity contribution is 0.207. The molecule has 7 heteroatoms. The molecule has 0 unspecified atom stereocenters. The number of hydrogen-bond acceptors (Lipinski definition) is 4. The summed E-state index contributed by atoms with van der Waals surface area (Å²) in [4.78, 5) is 11.0. The molecule has 0 aliphatic heterocycles. The molecule has 1 fully saturated rings. The molecule has 164 valence electrons. The first kappa shape index (κ1) is 24.2. The molecule has 1 aliphatic rings. The van der Waals surface area contributed by atoms with Gasteiger partial charge < -0.3 is 20.3 Å². The Morgan fingerprint density at radius 2 is 1.87 bits per heavy atom. The van der Waals surface area contributed by atoms with E-state index in [1.165, 1.54) is 18.4 Å². The Kier molecular flexibility index (Phi) is 9.68. The number of guanidine groups is 1. The number of halogens is 1. The van der Waals surface area contributed by atoms with E-state index < -0.39 is 0 Å². The molecule has 0 radical (unpaired) electrons. The van der Waals surface area contributed by atoms with Crippen molar-refractivity contribution in [1.29, 1.82) is 0 Å². The number of hydrogen-bond donors (Lipinski definition) is 2. The molecular formula is C23H34IN5O. The summed E-state index contributed by atoms with van der Waals surface area (Å²) in [6, 6.07) is 12.4. The maximum absolute atomic E-state index is 6.30. The minimum Gasteiger partial charge on any atom is -0.490 e. The van der Waals surface area contributed by atoms with Crippen LogP contribution in [-0.4, -0.2) is 38.2 Å². The van der Waals surface area contributed by atoms with Crippen LogP contribution in [0.1, 0.15) is 42.5 Å². The van der Waals surface area contributed by atoms with Crippen molar-refractivity contribution < 1.29 is 4.74 Å². The van der Waals surface area contributed by atoms with Gasteiger partial charge >= 0.3 is 0 Å². The fraction of sp³-hybridized carbons (Fsp3) is 0.478. The smallest absolute Gasteiger partial charge is 0.191 e. The lowest BCUT2D eigenvalue weighted by atomic mass is 10.1. The van der Waals surface area contributed by atoms with Crippen molar-refractivity contribution in [2.45, 2.75) is 51.8 Å². The van der Waals surface area contributed by atoms with Gasteiger partial charge in [0.25, 0.3) is 0 Å². The van der Waals surface area contributed by atoms with Crippen LogP contribution in [0.4, 0.5) is 5.82 Å². The van der Waals surface area contributed by atoms with Gasteiger partial charge in [-0.3, -0.25) is 4.99 Å². The lowest BCUT2D eigenvalue weighted by Crippen LogP contribution is -2.36. The Bertz CT molecular complexity index is 834. The van der Waals surface area contributed by atoms with E-state index in [4.69, 9.17) is 4.74 Å². The second-order valence-corrected chi connectivity index (χ2v) is 7.80. The fourth-order valence-corrected chi connectivity index (χ4v) is 3.49. The third-order valence-corrected chi connectivity index (χ3v) is 5.18. The summed E-state index contributed by atoms with van der Waals surface area (Å²) in [7, 11) is 5.77. The second kappa shape index (κ2) is 12.0. The number of ether oxygens (including phenoxy) is 1. The van der Waals surface area contributed by atoms with E-state index in [2.05, 4.69) is 45.7 Å². The molecule has 1 aromatic heterocycles. The van der Waals surface area contributed by atoms with E-state index in [9.17, 15) is 0 Å². The number of aliphatic imine (C=N–C) groups is 1. The van der Waals surface area contributed by atoms with Crippen molar-refractivity contribution in [3.63, 3.8) is 0 Å². The molecule has 1 aliphatic carbocycles. The highest BCUT2D eigenvalue weighted by Gasteiger charge is 2.18. The normalized spacial score (nSPS) is 14.2. The summed E-state index contributed by atoms with van der Waals surface area (Å²) in [6.45, 7) is 3.38. The third-order valence-electron chi connectivity index (χ3n) is 5.18. The van der Waals surface area contributed by atoms with E-state index in [0.717, 1.165) is 41.6 Å². The Hall–Kier alpha value is -2.03. The number of anilines is 1. The highest BCUT2D eigenvalue weighted by molar-refractivity contribution is 14.0. The lowest BCUT2D eigenvalue weighted by Gasteiger charge is -2.18. The Labute approximate surface area is 197 Å². The van der Waals surface area contributed by atoms with Gasteiger partial charge in [-0.2, -0.15) is 0 Å². The molecule has 0 atom stereocenters. The number of pyridine rings is 1. The molecule has 1 saturated carbocycles. The fourth-order valence-electron chi connectivity index (χ4n) is 3.49. The maximum atomic E-state index is 6.30. The average molecular weight is 523 g/mol. The molecule has 1 aromatic carbocycles. The highest BCUT2D eigenvalue weighted by Crippen LogP contribution is 2.27. The van der Waals surface area contributed by atoms with Gasteiger partial charge in [0, 0.05) is 33.3 Å². The van der Waals surface area contributed by atoms with Gasteiger partial charge in [0.15, 0.2) is 5.96 Å². The third kappa shape index (κ3) is 7.04. The number of aryl methyl sites for hydroxylation is 1.